The Morgan fingerprint density at radius 2 is 2.46 bits per heavy atom. The van der Waals surface area contributed by atoms with Crippen LogP contribution in [0.15, 0.2) is 12.2 Å². The molecule has 0 aromatic rings. The highest BCUT2D eigenvalue weighted by atomic mass is 16.5. The van der Waals surface area contributed by atoms with Crippen LogP contribution in [0.4, 0.5) is 0 Å². The number of esters is 1. The Balaban J connectivity index is 2.27. The van der Waals surface area contributed by atoms with Crippen molar-refractivity contribution in [3.05, 3.63) is 12.2 Å². The van der Waals surface area contributed by atoms with E-state index in [1.54, 1.807) is 0 Å². The van der Waals surface area contributed by atoms with E-state index in [0.29, 0.717) is 0 Å². The molecule has 0 bridgehead atoms. The van der Waals surface area contributed by atoms with Crippen LogP contribution < -0.4 is 0 Å². The zero-order valence-electron chi connectivity index (χ0n) is 8.01. The number of fused-ring (bicyclic) bond motifs is 1. The van der Waals surface area contributed by atoms with E-state index in [0.717, 1.165) is 37.9 Å². The molecule has 0 aliphatic carbocycles. The maximum absolute atomic E-state index is 11.7. The highest BCUT2D eigenvalue weighted by Crippen LogP contribution is 2.41. The molecule has 3 heteroatoms. The lowest BCUT2D eigenvalue weighted by Gasteiger charge is -2.27. The summed E-state index contributed by atoms with van der Waals surface area (Å²) in [6.07, 6.45) is 2.82. The van der Waals surface area contributed by atoms with Crippen LogP contribution in [0.2, 0.25) is 0 Å². The third kappa shape index (κ3) is 1.10. The molecule has 13 heavy (non-hydrogen) atoms. The van der Waals surface area contributed by atoms with E-state index < -0.39 is 0 Å². The van der Waals surface area contributed by atoms with Crippen LogP contribution in [0.25, 0.3) is 0 Å². The zero-order valence-corrected chi connectivity index (χ0v) is 8.01. The standard InChI is InChI=1S/C10H15NO2/c1-8-6-10(9(12)13-2)4-3-5-11(10)7-8/h1,3-7H2,2H3. The van der Waals surface area contributed by atoms with Crippen molar-refractivity contribution < 1.29 is 9.53 Å². The van der Waals surface area contributed by atoms with E-state index in [2.05, 4.69) is 11.5 Å². The van der Waals surface area contributed by atoms with Gasteiger partial charge >= 0.3 is 5.97 Å². The smallest absolute Gasteiger partial charge is 0.326 e. The van der Waals surface area contributed by atoms with Gasteiger partial charge in [0.2, 0.25) is 0 Å². The van der Waals surface area contributed by atoms with Crippen molar-refractivity contribution in [2.75, 3.05) is 20.2 Å². The van der Waals surface area contributed by atoms with Gasteiger partial charge in [0.15, 0.2) is 0 Å². The van der Waals surface area contributed by atoms with Gasteiger partial charge in [-0.3, -0.25) is 9.69 Å². The van der Waals surface area contributed by atoms with Gasteiger partial charge in [-0.15, -0.1) is 0 Å². The second kappa shape index (κ2) is 2.84. The van der Waals surface area contributed by atoms with Gasteiger partial charge in [0, 0.05) is 6.54 Å². The average molecular weight is 181 g/mol. The first-order valence-electron chi connectivity index (χ1n) is 4.69. The van der Waals surface area contributed by atoms with Crippen molar-refractivity contribution in [2.24, 2.45) is 0 Å². The number of methoxy groups -OCH3 is 1. The summed E-state index contributed by atoms with van der Waals surface area (Å²) >= 11 is 0. The van der Waals surface area contributed by atoms with Crippen molar-refractivity contribution in [2.45, 2.75) is 24.8 Å². The van der Waals surface area contributed by atoms with E-state index >= 15 is 0 Å². The molecule has 72 valence electrons. The molecule has 2 aliphatic rings. The molecule has 2 rings (SSSR count). The predicted octanol–water partition coefficient (Wildman–Crippen LogP) is 0.954. The first kappa shape index (κ1) is 8.75. The minimum atomic E-state index is -0.341. The van der Waals surface area contributed by atoms with Crippen LogP contribution in [0.3, 0.4) is 0 Å². The molecular formula is C10H15NO2. The quantitative estimate of drug-likeness (QED) is 0.445. The average Bonchev–Trinajstić information content (AvgIpc) is 2.59. The Kier molecular flexibility index (Phi) is 1.91. The number of hydrogen-bond acceptors (Lipinski definition) is 3. The van der Waals surface area contributed by atoms with Gasteiger partial charge in [-0.25, -0.2) is 0 Å². The fraction of sp³-hybridized carbons (Fsp3) is 0.700. The lowest BCUT2D eigenvalue weighted by Crippen LogP contribution is -2.46. The molecule has 1 unspecified atom stereocenters. The zero-order chi connectivity index (χ0) is 9.47. The van der Waals surface area contributed by atoms with Crippen molar-refractivity contribution in [1.82, 2.24) is 4.90 Å². The van der Waals surface area contributed by atoms with Gasteiger partial charge in [0.1, 0.15) is 5.54 Å². The number of rotatable bonds is 1. The van der Waals surface area contributed by atoms with E-state index in [-0.39, 0.29) is 11.5 Å². The molecule has 0 saturated carbocycles. The van der Waals surface area contributed by atoms with Crippen LogP contribution >= 0.6 is 0 Å². The molecule has 0 spiro atoms. The molecule has 1 atom stereocenters. The summed E-state index contributed by atoms with van der Waals surface area (Å²) in [7, 11) is 1.47. The molecule has 0 radical (unpaired) electrons. The highest BCUT2D eigenvalue weighted by Gasteiger charge is 2.52. The molecule has 2 fully saturated rings. The van der Waals surface area contributed by atoms with Crippen molar-refractivity contribution in [3.63, 3.8) is 0 Å². The van der Waals surface area contributed by atoms with Gasteiger partial charge in [0.05, 0.1) is 7.11 Å². The van der Waals surface area contributed by atoms with Gasteiger partial charge in [0.25, 0.3) is 0 Å². The van der Waals surface area contributed by atoms with Crippen molar-refractivity contribution >= 4 is 5.97 Å². The Morgan fingerprint density at radius 3 is 3.15 bits per heavy atom. The number of carbonyl (C=O) groups is 1. The minimum Gasteiger partial charge on any atom is -0.468 e. The molecule has 0 aromatic heterocycles. The van der Waals surface area contributed by atoms with E-state index in [4.69, 9.17) is 4.74 Å². The van der Waals surface area contributed by atoms with Crippen LogP contribution in [-0.4, -0.2) is 36.6 Å². The SMILES string of the molecule is C=C1CN2CCCC2(C(=O)OC)C1. The van der Waals surface area contributed by atoms with E-state index in [9.17, 15) is 4.79 Å². The first-order valence-corrected chi connectivity index (χ1v) is 4.69. The summed E-state index contributed by atoms with van der Waals surface area (Å²) in [4.78, 5) is 13.9. The third-order valence-electron chi connectivity index (χ3n) is 3.15. The van der Waals surface area contributed by atoms with Gasteiger partial charge < -0.3 is 4.74 Å². The molecule has 3 nitrogen and oxygen atoms in total. The van der Waals surface area contributed by atoms with E-state index in [1.807, 2.05) is 0 Å². The lowest BCUT2D eigenvalue weighted by atomic mass is 9.93. The van der Waals surface area contributed by atoms with Gasteiger partial charge in [-0.05, 0) is 25.8 Å². The second-order valence-corrected chi connectivity index (χ2v) is 3.98. The van der Waals surface area contributed by atoms with E-state index in [1.165, 1.54) is 7.11 Å². The largest absolute Gasteiger partial charge is 0.468 e. The van der Waals surface area contributed by atoms with Gasteiger partial charge in [-0.2, -0.15) is 0 Å². The number of ether oxygens (including phenoxy) is 1. The van der Waals surface area contributed by atoms with Gasteiger partial charge in [-0.1, -0.05) is 12.2 Å². The van der Waals surface area contributed by atoms with Crippen LogP contribution in [0.5, 0.6) is 0 Å². The lowest BCUT2D eigenvalue weighted by molar-refractivity contribution is -0.151. The Hall–Kier alpha value is -0.830. The summed E-state index contributed by atoms with van der Waals surface area (Å²) in [6.45, 7) is 5.83. The summed E-state index contributed by atoms with van der Waals surface area (Å²) in [5.41, 5.74) is 0.816. The number of carbonyl (C=O) groups excluding carboxylic acids is 1. The summed E-state index contributed by atoms with van der Waals surface area (Å²) in [6, 6.07) is 0. The Morgan fingerprint density at radius 1 is 1.69 bits per heavy atom. The fourth-order valence-electron chi connectivity index (χ4n) is 2.60. The molecule has 0 amide bonds. The molecule has 2 heterocycles. The topological polar surface area (TPSA) is 29.5 Å². The van der Waals surface area contributed by atoms with Crippen LogP contribution in [-0.2, 0) is 9.53 Å². The summed E-state index contributed by atoms with van der Waals surface area (Å²) < 4.78 is 4.87. The molecule has 2 aliphatic heterocycles. The number of nitrogens with zero attached hydrogens (tertiary/aromatic N) is 1. The maximum Gasteiger partial charge on any atom is 0.326 e. The monoisotopic (exact) mass is 181 g/mol. The third-order valence-corrected chi connectivity index (χ3v) is 3.15. The van der Waals surface area contributed by atoms with Crippen LogP contribution in [0.1, 0.15) is 19.3 Å². The first-order chi connectivity index (χ1) is 6.19. The predicted molar refractivity (Wildman–Crippen MR) is 49.3 cm³/mol. The summed E-state index contributed by atoms with van der Waals surface area (Å²) in [5, 5.41) is 0. The van der Waals surface area contributed by atoms with Crippen molar-refractivity contribution in [1.29, 1.82) is 0 Å². The van der Waals surface area contributed by atoms with Crippen molar-refractivity contribution in [3.8, 4) is 0 Å². The normalized spacial score (nSPS) is 33.5. The Labute approximate surface area is 78.4 Å². The van der Waals surface area contributed by atoms with Crippen LogP contribution in [0, 0.1) is 0 Å². The number of hydrogen-bond donors (Lipinski definition) is 0. The fourth-order valence-corrected chi connectivity index (χ4v) is 2.60. The second-order valence-electron chi connectivity index (χ2n) is 3.98. The molecule has 2 saturated heterocycles. The highest BCUT2D eigenvalue weighted by molar-refractivity contribution is 5.82. The Bertz CT molecular complexity index is 262. The summed E-state index contributed by atoms with van der Waals surface area (Å²) in [5.74, 6) is -0.0800. The minimum absolute atomic E-state index is 0.0800. The maximum atomic E-state index is 11.7. The molecule has 0 N–H and O–H groups in total. The molecular weight excluding hydrogens is 166 g/mol. The molecule has 0 aromatic carbocycles.